The Bertz CT molecular complexity index is 523. The largest absolute Gasteiger partial charge is 0.494 e. The maximum atomic E-state index is 5.65. The molecule has 106 valence electrons. The van der Waals surface area contributed by atoms with Gasteiger partial charge in [-0.1, -0.05) is 18.2 Å². The van der Waals surface area contributed by atoms with Crippen molar-refractivity contribution in [3.63, 3.8) is 0 Å². The first-order valence-electron chi connectivity index (χ1n) is 7.08. The lowest BCUT2D eigenvalue weighted by atomic mass is 10.3. The summed E-state index contributed by atoms with van der Waals surface area (Å²) in [5, 5.41) is 15.2. The molecule has 1 fully saturated rings. The molecule has 0 saturated heterocycles. The Morgan fingerprint density at radius 3 is 2.90 bits per heavy atom. The van der Waals surface area contributed by atoms with E-state index in [1.807, 2.05) is 35.0 Å². The summed E-state index contributed by atoms with van der Waals surface area (Å²) in [5.41, 5.74) is 0. The van der Waals surface area contributed by atoms with Crippen LogP contribution in [0.5, 0.6) is 5.75 Å². The van der Waals surface area contributed by atoms with Crippen molar-refractivity contribution in [1.29, 1.82) is 0 Å². The average molecular weight is 273 g/mol. The Hall–Kier alpha value is -1.95. The van der Waals surface area contributed by atoms with Crippen LogP contribution in [0.25, 0.3) is 0 Å². The standard InChI is InChI=1S/C14H19N5O/c1-2-5-13(6-3-1)20-10-4-9-19-14(16-17-18-19)11-15-12-7-8-12/h1-3,5-6,12,15H,4,7-11H2. The van der Waals surface area contributed by atoms with Crippen molar-refractivity contribution in [1.82, 2.24) is 25.5 Å². The second-order valence-electron chi connectivity index (χ2n) is 4.99. The summed E-state index contributed by atoms with van der Waals surface area (Å²) in [6, 6.07) is 10.5. The lowest BCUT2D eigenvalue weighted by Crippen LogP contribution is -2.20. The van der Waals surface area contributed by atoms with Crippen molar-refractivity contribution in [3.05, 3.63) is 36.2 Å². The SMILES string of the molecule is c1ccc(OCCCn2nnnc2CNC2CC2)cc1. The van der Waals surface area contributed by atoms with Crippen LogP contribution in [0, 0.1) is 0 Å². The van der Waals surface area contributed by atoms with Gasteiger partial charge < -0.3 is 10.1 Å². The Morgan fingerprint density at radius 1 is 1.25 bits per heavy atom. The Balaban J connectivity index is 1.40. The third-order valence-corrected chi connectivity index (χ3v) is 3.26. The highest BCUT2D eigenvalue weighted by Gasteiger charge is 2.21. The van der Waals surface area contributed by atoms with Crippen LogP contribution < -0.4 is 10.1 Å². The maximum Gasteiger partial charge on any atom is 0.165 e. The van der Waals surface area contributed by atoms with Crippen molar-refractivity contribution >= 4 is 0 Å². The summed E-state index contributed by atoms with van der Waals surface area (Å²) in [5.74, 6) is 1.80. The van der Waals surface area contributed by atoms with Crippen molar-refractivity contribution in [2.45, 2.75) is 38.4 Å². The quantitative estimate of drug-likeness (QED) is 0.736. The molecule has 1 saturated carbocycles. The van der Waals surface area contributed by atoms with E-state index in [2.05, 4.69) is 20.8 Å². The van der Waals surface area contributed by atoms with Gasteiger partial charge in [-0.25, -0.2) is 4.68 Å². The lowest BCUT2D eigenvalue weighted by molar-refractivity contribution is 0.296. The van der Waals surface area contributed by atoms with Gasteiger partial charge in [-0.2, -0.15) is 0 Å². The van der Waals surface area contributed by atoms with E-state index in [4.69, 9.17) is 4.74 Å². The van der Waals surface area contributed by atoms with Gasteiger partial charge in [-0.05, 0) is 35.4 Å². The number of aromatic nitrogens is 4. The van der Waals surface area contributed by atoms with Gasteiger partial charge in [0.05, 0.1) is 13.2 Å². The molecule has 0 aliphatic heterocycles. The summed E-state index contributed by atoms with van der Waals surface area (Å²) < 4.78 is 7.51. The smallest absolute Gasteiger partial charge is 0.165 e. The number of nitrogens with zero attached hydrogens (tertiary/aromatic N) is 4. The van der Waals surface area contributed by atoms with Crippen LogP contribution in [-0.2, 0) is 13.1 Å². The predicted octanol–water partition coefficient (Wildman–Crippen LogP) is 1.39. The molecule has 0 unspecified atom stereocenters. The van der Waals surface area contributed by atoms with Gasteiger partial charge in [0, 0.05) is 19.0 Å². The fourth-order valence-corrected chi connectivity index (χ4v) is 1.97. The first-order chi connectivity index (χ1) is 9.92. The third-order valence-electron chi connectivity index (χ3n) is 3.26. The normalized spacial score (nSPS) is 14.4. The molecule has 2 aromatic rings. The Kier molecular flexibility index (Phi) is 4.22. The summed E-state index contributed by atoms with van der Waals surface area (Å²) >= 11 is 0. The number of tetrazole rings is 1. The topological polar surface area (TPSA) is 64.9 Å². The molecule has 1 aromatic heterocycles. The molecule has 0 bridgehead atoms. The second kappa shape index (κ2) is 6.47. The van der Waals surface area contributed by atoms with Gasteiger partial charge in [0.1, 0.15) is 5.75 Å². The van der Waals surface area contributed by atoms with E-state index in [0.29, 0.717) is 12.6 Å². The Morgan fingerprint density at radius 2 is 2.10 bits per heavy atom. The minimum Gasteiger partial charge on any atom is -0.494 e. The number of rotatable bonds is 8. The maximum absolute atomic E-state index is 5.65. The van der Waals surface area contributed by atoms with E-state index in [-0.39, 0.29) is 0 Å². The molecule has 0 spiro atoms. The van der Waals surface area contributed by atoms with Gasteiger partial charge in [0.15, 0.2) is 5.82 Å². The van der Waals surface area contributed by atoms with E-state index in [9.17, 15) is 0 Å². The zero-order valence-electron chi connectivity index (χ0n) is 11.4. The molecular weight excluding hydrogens is 254 g/mol. The highest BCUT2D eigenvalue weighted by atomic mass is 16.5. The summed E-state index contributed by atoms with van der Waals surface area (Å²) in [6.07, 6.45) is 3.43. The van der Waals surface area contributed by atoms with Crippen LogP contribution in [-0.4, -0.2) is 32.9 Å². The van der Waals surface area contributed by atoms with Crippen LogP contribution in [0.4, 0.5) is 0 Å². The second-order valence-corrected chi connectivity index (χ2v) is 4.99. The number of benzene rings is 1. The van der Waals surface area contributed by atoms with Gasteiger partial charge in [0.25, 0.3) is 0 Å². The van der Waals surface area contributed by atoms with Crippen LogP contribution >= 0.6 is 0 Å². The summed E-state index contributed by atoms with van der Waals surface area (Å²) in [7, 11) is 0. The van der Waals surface area contributed by atoms with E-state index >= 15 is 0 Å². The molecule has 1 N–H and O–H groups in total. The van der Waals surface area contributed by atoms with Gasteiger partial charge in [-0.15, -0.1) is 5.10 Å². The molecule has 20 heavy (non-hydrogen) atoms. The van der Waals surface area contributed by atoms with E-state index in [0.717, 1.165) is 31.1 Å². The summed E-state index contributed by atoms with van der Waals surface area (Å²) in [6.45, 7) is 2.19. The van der Waals surface area contributed by atoms with Crippen LogP contribution in [0.2, 0.25) is 0 Å². The molecule has 1 aliphatic rings. The molecule has 3 rings (SSSR count). The Labute approximate surface area is 118 Å². The first kappa shape index (κ1) is 13.1. The fraction of sp³-hybridized carbons (Fsp3) is 0.500. The molecular formula is C14H19N5O. The highest BCUT2D eigenvalue weighted by molar-refractivity contribution is 5.20. The minimum absolute atomic E-state index is 0.666. The summed E-state index contributed by atoms with van der Waals surface area (Å²) in [4.78, 5) is 0. The zero-order valence-corrected chi connectivity index (χ0v) is 11.4. The number of hydrogen-bond donors (Lipinski definition) is 1. The van der Waals surface area contributed by atoms with Crippen LogP contribution in [0.1, 0.15) is 25.1 Å². The molecule has 6 heteroatoms. The van der Waals surface area contributed by atoms with Crippen molar-refractivity contribution in [2.24, 2.45) is 0 Å². The van der Waals surface area contributed by atoms with Crippen molar-refractivity contribution in [2.75, 3.05) is 6.61 Å². The third kappa shape index (κ3) is 3.77. The molecule has 1 aromatic carbocycles. The monoisotopic (exact) mass is 273 g/mol. The number of nitrogens with one attached hydrogen (secondary N) is 1. The molecule has 0 atom stereocenters. The number of ether oxygens (including phenoxy) is 1. The van der Waals surface area contributed by atoms with Crippen molar-refractivity contribution in [3.8, 4) is 5.75 Å². The van der Waals surface area contributed by atoms with Gasteiger partial charge in [-0.3, -0.25) is 0 Å². The number of para-hydroxylation sites is 1. The lowest BCUT2D eigenvalue weighted by Gasteiger charge is -2.07. The van der Waals surface area contributed by atoms with Gasteiger partial charge >= 0.3 is 0 Å². The fourth-order valence-electron chi connectivity index (χ4n) is 1.97. The van der Waals surface area contributed by atoms with E-state index in [1.165, 1.54) is 12.8 Å². The van der Waals surface area contributed by atoms with Crippen LogP contribution in [0.15, 0.2) is 30.3 Å². The van der Waals surface area contributed by atoms with Crippen molar-refractivity contribution < 1.29 is 4.74 Å². The number of hydrogen-bond acceptors (Lipinski definition) is 5. The molecule has 0 radical (unpaired) electrons. The van der Waals surface area contributed by atoms with E-state index < -0.39 is 0 Å². The molecule has 0 amide bonds. The molecule has 1 heterocycles. The minimum atomic E-state index is 0.666. The average Bonchev–Trinajstić information content (AvgIpc) is 3.21. The van der Waals surface area contributed by atoms with Crippen LogP contribution in [0.3, 0.4) is 0 Å². The van der Waals surface area contributed by atoms with E-state index in [1.54, 1.807) is 0 Å². The highest BCUT2D eigenvalue weighted by Crippen LogP contribution is 2.18. The first-order valence-corrected chi connectivity index (χ1v) is 7.08. The van der Waals surface area contributed by atoms with Gasteiger partial charge in [0.2, 0.25) is 0 Å². The predicted molar refractivity (Wildman–Crippen MR) is 74.2 cm³/mol. The molecule has 6 nitrogen and oxygen atoms in total. The number of aryl methyl sites for hydroxylation is 1. The molecule has 1 aliphatic carbocycles. The zero-order chi connectivity index (χ0) is 13.6.